The van der Waals surface area contributed by atoms with Gasteiger partial charge in [0.05, 0.1) is 0 Å². The number of hydrogen-bond donors (Lipinski definition) is 0. The number of amides is 1. The van der Waals surface area contributed by atoms with Gasteiger partial charge in [-0.1, -0.05) is 110 Å². The molecule has 2 heteroatoms. The van der Waals surface area contributed by atoms with Gasteiger partial charge in [-0.2, -0.15) is 0 Å². The first kappa shape index (κ1) is 23.5. The van der Waals surface area contributed by atoms with Gasteiger partial charge < -0.3 is 4.90 Å². The van der Waals surface area contributed by atoms with Gasteiger partial charge in [0, 0.05) is 19.5 Å². The van der Waals surface area contributed by atoms with Crippen LogP contribution < -0.4 is 0 Å². The summed E-state index contributed by atoms with van der Waals surface area (Å²) < 4.78 is 0. The lowest BCUT2D eigenvalue weighted by atomic mass is 10.1. The van der Waals surface area contributed by atoms with Gasteiger partial charge >= 0.3 is 0 Å². The molecule has 0 N–H and O–H groups in total. The van der Waals surface area contributed by atoms with Crippen LogP contribution in [0, 0.1) is 0 Å². The predicted octanol–water partition coefficient (Wildman–Crippen LogP) is 7.65. The van der Waals surface area contributed by atoms with E-state index < -0.39 is 0 Å². The Kier molecular flexibility index (Phi) is 16.2. The SMILES string of the molecule is CCCCCCCCCCCCN1CCCCCCCCCCCC1=O. The highest BCUT2D eigenvalue weighted by molar-refractivity contribution is 5.76. The van der Waals surface area contributed by atoms with Gasteiger partial charge in [-0.05, 0) is 19.3 Å². The molecular weight excluding hydrogens is 318 g/mol. The highest BCUT2D eigenvalue weighted by Crippen LogP contribution is 2.15. The Balaban J connectivity index is 2.11. The molecule has 1 aliphatic heterocycles. The highest BCUT2D eigenvalue weighted by atomic mass is 16.2. The van der Waals surface area contributed by atoms with Crippen LogP contribution in [0.25, 0.3) is 0 Å². The average Bonchev–Trinajstić information content (AvgIpc) is 2.66. The van der Waals surface area contributed by atoms with E-state index in [9.17, 15) is 4.79 Å². The third-order valence-corrected chi connectivity index (χ3v) is 5.95. The minimum atomic E-state index is 0.431. The largest absolute Gasteiger partial charge is 0.343 e. The molecule has 2 nitrogen and oxygen atoms in total. The summed E-state index contributed by atoms with van der Waals surface area (Å²) in [7, 11) is 0. The van der Waals surface area contributed by atoms with Crippen molar-refractivity contribution in [2.45, 2.75) is 135 Å². The molecule has 1 amide bonds. The Bertz CT molecular complexity index is 315. The molecule has 0 saturated carbocycles. The molecule has 1 saturated heterocycles. The summed E-state index contributed by atoms with van der Waals surface area (Å²) >= 11 is 0. The van der Waals surface area contributed by atoms with Crippen LogP contribution in [0.4, 0.5) is 0 Å². The second kappa shape index (κ2) is 17.9. The van der Waals surface area contributed by atoms with Gasteiger partial charge in [-0.15, -0.1) is 0 Å². The standard InChI is InChI=1S/C24H47NO/c1-2-3-4-5-6-7-10-13-16-19-22-25-23-20-17-14-11-8-9-12-15-18-21-24(25)26/h2-23H2,1H3. The van der Waals surface area contributed by atoms with E-state index in [-0.39, 0.29) is 0 Å². The Morgan fingerprint density at radius 3 is 1.65 bits per heavy atom. The lowest BCUT2D eigenvalue weighted by molar-refractivity contribution is -0.131. The third-order valence-electron chi connectivity index (χ3n) is 5.95. The molecule has 1 rings (SSSR count). The minimum absolute atomic E-state index is 0.431. The molecule has 0 atom stereocenters. The Morgan fingerprint density at radius 1 is 0.615 bits per heavy atom. The molecule has 1 fully saturated rings. The first-order valence-corrected chi connectivity index (χ1v) is 12.1. The average molecular weight is 366 g/mol. The summed E-state index contributed by atoms with van der Waals surface area (Å²) in [5.74, 6) is 0.431. The van der Waals surface area contributed by atoms with Gasteiger partial charge in [0.25, 0.3) is 0 Å². The topological polar surface area (TPSA) is 20.3 Å². The summed E-state index contributed by atoms with van der Waals surface area (Å²) in [5, 5.41) is 0. The van der Waals surface area contributed by atoms with E-state index in [4.69, 9.17) is 0 Å². The van der Waals surface area contributed by atoms with E-state index in [2.05, 4.69) is 11.8 Å². The third kappa shape index (κ3) is 13.6. The van der Waals surface area contributed by atoms with Crippen LogP contribution in [0.5, 0.6) is 0 Å². The van der Waals surface area contributed by atoms with Crippen molar-refractivity contribution in [3.05, 3.63) is 0 Å². The maximum atomic E-state index is 12.5. The van der Waals surface area contributed by atoms with Crippen molar-refractivity contribution in [3.8, 4) is 0 Å². The molecule has 154 valence electrons. The Hall–Kier alpha value is -0.530. The molecule has 0 spiro atoms. The van der Waals surface area contributed by atoms with E-state index >= 15 is 0 Å². The van der Waals surface area contributed by atoms with Crippen molar-refractivity contribution in [1.82, 2.24) is 4.90 Å². The van der Waals surface area contributed by atoms with Gasteiger partial charge in [0.15, 0.2) is 0 Å². The van der Waals surface area contributed by atoms with Crippen LogP contribution >= 0.6 is 0 Å². The van der Waals surface area contributed by atoms with Crippen molar-refractivity contribution in [2.75, 3.05) is 13.1 Å². The van der Waals surface area contributed by atoms with E-state index in [0.29, 0.717) is 5.91 Å². The fraction of sp³-hybridized carbons (Fsp3) is 0.958. The molecule has 0 aromatic heterocycles. The molecular formula is C24H47NO. The molecule has 1 heterocycles. The number of carbonyl (C=O) groups excluding carboxylic acids is 1. The van der Waals surface area contributed by atoms with E-state index in [1.807, 2.05) is 0 Å². The van der Waals surface area contributed by atoms with Crippen LogP contribution in [0.3, 0.4) is 0 Å². The van der Waals surface area contributed by atoms with Crippen LogP contribution in [-0.2, 0) is 4.79 Å². The minimum Gasteiger partial charge on any atom is -0.343 e. The lowest BCUT2D eigenvalue weighted by Gasteiger charge is -2.23. The smallest absolute Gasteiger partial charge is 0.222 e. The maximum Gasteiger partial charge on any atom is 0.222 e. The van der Waals surface area contributed by atoms with E-state index in [0.717, 1.165) is 25.9 Å². The summed E-state index contributed by atoms with van der Waals surface area (Å²) in [5.41, 5.74) is 0. The number of rotatable bonds is 11. The highest BCUT2D eigenvalue weighted by Gasteiger charge is 2.12. The van der Waals surface area contributed by atoms with Gasteiger partial charge in [0.2, 0.25) is 5.91 Å². The summed E-state index contributed by atoms with van der Waals surface area (Å²) in [6.45, 7) is 4.30. The quantitative estimate of drug-likeness (QED) is 0.344. The van der Waals surface area contributed by atoms with Gasteiger partial charge in [-0.3, -0.25) is 4.79 Å². The van der Waals surface area contributed by atoms with Gasteiger partial charge in [0.1, 0.15) is 0 Å². The van der Waals surface area contributed by atoms with E-state index in [1.54, 1.807) is 0 Å². The molecule has 0 unspecified atom stereocenters. The van der Waals surface area contributed by atoms with Crippen molar-refractivity contribution < 1.29 is 4.79 Å². The zero-order chi connectivity index (χ0) is 18.7. The fourth-order valence-corrected chi connectivity index (χ4v) is 4.13. The summed E-state index contributed by atoms with van der Waals surface area (Å²) in [6.07, 6.45) is 26.2. The molecule has 1 aliphatic rings. The Labute approximate surface area is 164 Å². The monoisotopic (exact) mass is 365 g/mol. The van der Waals surface area contributed by atoms with Crippen LogP contribution in [0.2, 0.25) is 0 Å². The first-order chi connectivity index (χ1) is 12.8. The van der Waals surface area contributed by atoms with Crippen molar-refractivity contribution >= 4 is 5.91 Å². The van der Waals surface area contributed by atoms with Crippen molar-refractivity contribution in [1.29, 1.82) is 0 Å². The first-order valence-electron chi connectivity index (χ1n) is 12.1. The number of carbonyl (C=O) groups is 1. The molecule has 0 aromatic rings. The molecule has 0 radical (unpaired) electrons. The van der Waals surface area contributed by atoms with E-state index in [1.165, 1.54) is 116 Å². The molecule has 0 aliphatic carbocycles. The molecule has 0 bridgehead atoms. The molecule has 26 heavy (non-hydrogen) atoms. The Morgan fingerprint density at radius 2 is 1.08 bits per heavy atom. The number of unbranched alkanes of at least 4 members (excludes halogenated alkanes) is 9. The zero-order valence-electron chi connectivity index (χ0n) is 17.9. The number of hydrogen-bond acceptors (Lipinski definition) is 1. The predicted molar refractivity (Wildman–Crippen MR) is 115 cm³/mol. The lowest BCUT2D eigenvalue weighted by Crippen LogP contribution is -2.32. The van der Waals surface area contributed by atoms with Crippen LogP contribution in [0.15, 0.2) is 0 Å². The van der Waals surface area contributed by atoms with Crippen LogP contribution in [0.1, 0.15) is 135 Å². The zero-order valence-corrected chi connectivity index (χ0v) is 17.9. The number of nitrogens with zero attached hydrogens (tertiary/aromatic N) is 1. The van der Waals surface area contributed by atoms with Crippen LogP contribution in [-0.4, -0.2) is 23.9 Å². The summed E-state index contributed by atoms with van der Waals surface area (Å²) in [4.78, 5) is 14.7. The second-order valence-electron chi connectivity index (χ2n) is 8.49. The maximum absolute atomic E-state index is 12.5. The normalized spacial score (nSPS) is 18.2. The fourth-order valence-electron chi connectivity index (χ4n) is 4.13. The second-order valence-corrected chi connectivity index (χ2v) is 8.49. The van der Waals surface area contributed by atoms with Crippen molar-refractivity contribution in [2.24, 2.45) is 0 Å². The summed E-state index contributed by atoms with van der Waals surface area (Å²) in [6, 6.07) is 0. The molecule has 0 aromatic carbocycles. The van der Waals surface area contributed by atoms with Crippen molar-refractivity contribution in [3.63, 3.8) is 0 Å². The van der Waals surface area contributed by atoms with Gasteiger partial charge in [-0.25, -0.2) is 0 Å².